The van der Waals surface area contributed by atoms with Crippen molar-refractivity contribution in [2.24, 2.45) is 14.1 Å². The summed E-state index contributed by atoms with van der Waals surface area (Å²) in [6, 6.07) is 0. The smallest absolute Gasteiger partial charge is 0.332 e. The summed E-state index contributed by atoms with van der Waals surface area (Å²) >= 11 is 0. The minimum Gasteiger partial charge on any atom is -0.356 e. The zero-order valence-corrected chi connectivity index (χ0v) is 11.4. The van der Waals surface area contributed by atoms with E-state index >= 15 is 0 Å². The molecule has 0 spiro atoms. The summed E-state index contributed by atoms with van der Waals surface area (Å²) in [5.74, 6) is 0. The van der Waals surface area contributed by atoms with Crippen molar-refractivity contribution in [3.63, 3.8) is 0 Å². The van der Waals surface area contributed by atoms with Gasteiger partial charge in [0.2, 0.25) is 0 Å². The van der Waals surface area contributed by atoms with Crippen molar-refractivity contribution in [3.8, 4) is 0 Å². The third-order valence-corrected chi connectivity index (χ3v) is 3.44. The maximum Gasteiger partial charge on any atom is 0.332 e. The molecule has 0 saturated carbocycles. The fourth-order valence-electron chi connectivity index (χ4n) is 2.31. The Labute approximate surface area is 114 Å². The average molecular weight is 273 g/mol. The van der Waals surface area contributed by atoms with E-state index in [0.29, 0.717) is 17.8 Å². The van der Waals surface area contributed by atoms with Gasteiger partial charge in [0.25, 0.3) is 5.56 Å². The second-order valence-electron chi connectivity index (χ2n) is 4.77. The van der Waals surface area contributed by atoms with Crippen LogP contribution in [0, 0.1) is 0 Å². The van der Waals surface area contributed by atoms with E-state index in [1.165, 1.54) is 11.6 Å². The van der Waals surface area contributed by atoms with Crippen molar-refractivity contribution in [1.82, 2.24) is 23.6 Å². The molecule has 0 unspecified atom stereocenters. The molecular weight excluding hydrogens is 258 g/mol. The van der Waals surface area contributed by atoms with Crippen LogP contribution in [0.5, 0.6) is 0 Å². The highest BCUT2D eigenvalue weighted by atomic mass is 16.2. The summed E-state index contributed by atoms with van der Waals surface area (Å²) in [5.41, 5.74) is 0.165. The second kappa shape index (κ2) is 4.52. The molecule has 1 aliphatic heterocycles. The monoisotopic (exact) mass is 273 g/mol. The SMILES string of the molecule is Cn1c(=O)c2c(ncn2CN2C=CC=CC2)n(C)c1=O. The highest BCUT2D eigenvalue weighted by Gasteiger charge is 2.15. The van der Waals surface area contributed by atoms with Crippen molar-refractivity contribution >= 4 is 11.2 Å². The van der Waals surface area contributed by atoms with Crippen LogP contribution in [0.25, 0.3) is 11.2 Å². The van der Waals surface area contributed by atoms with Crippen LogP contribution in [0.3, 0.4) is 0 Å². The molecule has 0 radical (unpaired) electrons. The van der Waals surface area contributed by atoms with Crippen molar-refractivity contribution in [2.75, 3.05) is 6.54 Å². The van der Waals surface area contributed by atoms with E-state index in [1.807, 2.05) is 29.3 Å². The maximum atomic E-state index is 12.3. The van der Waals surface area contributed by atoms with Crippen LogP contribution in [0.15, 0.2) is 40.3 Å². The summed E-state index contributed by atoms with van der Waals surface area (Å²) in [7, 11) is 3.09. The molecule has 2 aromatic heterocycles. The third kappa shape index (κ3) is 1.78. The number of imidazole rings is 1. The molecule has 0 aromatic carbocycles. The number of hydrogen-bond acceptors (Lipinski definition) is 4. The van der Waals surface area contributed by atoms with Crippen LogP contribution < -0.4 is 11.2 Å². The minimum atomic E-state index is -0.367. The van der Waals surface area contributed by atoms with Crippen LogP contribution in [-0.4, -0.2) is 30.1 Å². The fourth-order valence-corrected chi connectivity index (χ4v) is 2.31. The predicted octanol–water partition coefficient (Wildman–Crippen LogP) is -0.223. The topological polar surface area (TPSA) is 65.1 Å². The molecule has 0 bridgehead atoms. The standard InChI is InChI=1S/C13H15N5O2/c1-15-11-10(12(19)16(2)13(15)20)18(8-14-11)9-17-6-4-3-5-7-17/h3-6,8H,7,9H2,1-2H3. The van der Waals surface area contributed by atoms with Crippen molar-refractivity contribution in [2.45, 2.75) is 6.67 Å². The highest BCUT2D eigenvalue weighted by molar-refractivity contribution is 5.69. The maximum absolute atomic E-state index is 12.3. The molecule has 0 atom stereocenters. The number of hydrogen-bond donors (Lipinski definition) is 0. The number of fused-ring (bicyclic) bond motifs is 1. The van der Waals surface area contributed by atoms with Gasteiger partial charge in [-0.25, -0.2) is 9.78 Å². The van der Waals surface area contributed by atoms with Crippen LogP contribution in [0.2, 0.25) is 0 Å². The molecule has 0 fully saturated rings. The summed E-state index contributed by atoms with van der Waals surface area (Å²) in [6.07, 6.45) is 9.50. The molecule has 7 heteroatoms. The molecule has 0 N–H and O–H groups in total. The van der Waals surface area contributed by atoms with Crippen molar-refractivity contribution in [3.05, 3.63) is 51.6 Å². The molecule has 0 amide bonds. The lowest BCUT2D eigenvalue weighted by Gasteiger charge is -2.21. The minimum absolute atomic E-state index is 0.322. The first-order valence-corrected chi connectivity index (χ1v) is 6.28. The van der Waals surface area contributed by atoms with Gasteiger partial charge in [0.05, 0.1) is 13.0 Å². The van der Waals surface area contributed by atoms with Gasteiger partial charge in [-0.15, -0.1) is 0 Å². The first-order chi connectivity index (χ1) is 9.59. The van der Waals surface area contributed by atoms with Gasteiger partial charge in [0, 0.05) is 26.8 Å². The molecule has 104 valence electrons. The van der Waals surface area contributed by atoms with E-state index in [0.717, 1.165) is 11.1 Å². The second-order valence-corrected chi connectivity index (χ2v) is 4.77. The number of aromatic nitrogens is 4. The van der Waals surface area contributed by atoms with Crippen molar-refractivity contribution < 1.29 is 0 Å². The van der Waals surface area contributed by atoms with Gasteiger partial charge in [-0.1, -0.05) is 12.2 Å². The summed E-state index contributed by atoms with van der Waals surface area (Å²) in [5, 5.41) is 0. The van der Waals surface area contributed by atoms with Gasteiger partial charge in [0.15, 0.2) is 11.2 Å². The Kier molecular flexibility index (Phi) is 2.81. The quantitative estimate of drug-likeness (QED) is 0.758. The van der Waals surface area contributed by atoms with Crippen LogP contribution in [0.1, 0.15) is 0 Å². The molecule has 3 rings (SSSR count). The van der Waals surface area contributed by atoms with Gasteiger partial charge in [-0.2, -0.15) is 0 Å². The van der Waals surface area contributed by atoms with E-state index in [9.17, 15) is 9.59 Å². The molecule has 0 aliphatic carbocycles. The van der Waals surface area contributed by atoms with Crippen LogP contribution >= 0.6 is 0 Å². The number of rotatable bonds is 2. The van der Waals surface area contributed by atoms with E-state index in [4.69, 9.17) is 0 Å². The lowest BCUT2D eigenvalue weighted by atomic mass is 10.4. The summed E-state index contributed by atoms with van der Waals surface area (Å²) in [6.45, 7) is 1.30. The first-order valence-electron chi connectivity index (χ1n) is 6.28. The van der Waals surface area contributed by atoms with Gasteiger partial charge >= 0.3 is 5.69 Å². The zero-order valence-electron chi connectivity index (χ0n) is 11.4. The summed E-state index contributed by atoms with van der Waals surface area (Å²) in [4.78, 5) is 30.3. The first kappa shape index (κ1) is 12.5. The molecule has 7 nitrogen and oxygen atoms in total. The number of nitrogens with zero attached hydrogens (tertiary/aromatic N) is 5. The molecule has 0 saturated heterocycles. The van der Waals surface area contributed by atoms with Gasteiger partial charge in [0.1, 0.15) is 0 Å². The molecule has 20 heavy (non-hydrogen) atoms. The van der Waals surface area contributed by atoms with Crippen LogP contribution in [-0.2, 0) is 20.8 Å². The molecule has 2 aromatic rings. The Hall–Kier alpha value is -2.57. The molecule has 3 heterocycles. The lowest BCUT2D eigenvalue weighted by molar-refractivity contribution is 0.335. The Morgan fingerprint density at radius 3 is 2.70 bits per heavy atom. The summed E-state index contributed by atoms with van der Waals surface area (Å²) < 4.78 is 4.26. The van der Waals surface area contributed by atoms with E-state index < -0.39 is 0 Å². The van der Waals surface area contributed by atoms with E-state index in [-0.39, 0.29) is 11.2 Å². The normalized spacial score (nSPS) is 14.4. The Morgan fingerprint density at radius 1 is 1.20 bits per heavy atom. The number of allylic oxidation sites excluding steroid dienone is 2. The van der Waals surface area contributed by atoms with Crippen molar-refractivity contribution in [1.29, 1.82) is 0 Å². The van der Waals surface area contributed by atoms with Gasteiger partial charge in [-0.05, 0) is 6.08 Å². The molecule has 1 aliphatic rings. The Bertz CT molecular complexity index is 837. The van der Waals surface area contributed by atoms with E-state index in [2.05, 4.69) is 4.98 Å². The highest BCUT2D eigenvalue weighted by Crippen LogP contribution is 2.08. The van der Waals surface area contributed by atoms with E-state index in [1.54, 1.807) is 17.9 Å². The predicted molar refractivity (Wildman–Crippen MR) is 75.2 cm³/mol. The largest absolute Gasteiger partial charge is 0.356 e. The Balaban J connectivity index is 2.14. The lowest BCUT2D eigenvalue weighted by Crippen LogP contribution is -2.38. The van der Waals surface area contributed by atoms with Crippen LogP contribution in [0.4, 0.5) is 0 Å². The third-order valence-electron chi connectivity index (χ3n) is 3.44. The fraction of sp³-hybridized carbons (Fsp3) is 0.308. The van der Waals surface area contributed by atoms with Gasteiger partial charge < -0.3 is 9.47 Å². The molecular formula is C13H15N5O2. The zero-order chi connectivity index (χ0) is 14.3. The average Bonchev–Trinajstić information content (AvgIpc) is 2.88. The number of aryl methyl sites for hydroxylation is 1. The Morgan fingerprint density at radius 2 is 2.00 bits per heavy atom. The van der Waals surface area contributed by atoms with Gasteiger partial charge in [-0.3, -0.25) is 13.9 Å².